The van der Waals surface area contributed by atoms with Crippen LogP contribution in [0, 0.1) is 19.3 Å². The molecule has 2 aliphatic rings. The molecule has 1 aromatic heterocycles. The summed E-state index contributed by atoms with van der Waals surface area (Å²) in [6.07, 6.45) is 7.58. The third-order valence-corrected chi connectivity index (χ3v) is 11.4. The quantitative estimate of drug-likeness (QED) is 0.252. The van der Waals surface area contributed by atoms with Gasteiger partial charge >= 0.3 is 0 Å². The molecule has 10 heteroatoms. The number of nitrogens with one attached hydrogen (secondary N) is 2. The number of methoxy groups -OCH3 is 1. The summed E-state index contributed by atoms with van der Waals surface area (Å²) in [6.45, 7) is 14.4. The SMILES string of the molecule is CCc1cc(Nc2ncc(Cl)c(Nc3ccc(C)c(C)c3P(C)(C)=O)n2)c(OC)cc1N1CCC2(CCN(C)CC2)CC1. The summed E-state index contributed by atoms with van der Waals surface area (Å²) in [5.74, 6) is 1.58. The summed E-state index contributed by atoms with van der Waals surface area (Å²) in [5.41, 5.74) is 6.65. The first kappa shape index (κ1) is 31.6. The molecule has 2 aliphatic heterocycles. The van der Waals surface area contributed by atoms with Crippen LogP contribution in [0.15, 0.2) is 30.5 Å². The Morgan fingerprint density at radius 1 is 1.02 bits per heavy atom. The Bertz CT molecular complexity index is 1520. The summed E-state index contributed by atoms with van der Waals surface area (Å²) in [5, 5.41) is 7.89. The lowest BCUT2D eigenvalue weighted by Crippen LogP contribution is -2.46. The van der Waals surface area contributed by atoms with Gasteiger partial charge < -0.3 is 29.7 Å². The van der Waals surface area contributed by atoms with E-state index in [9.17, 15) is 4.57 Å². The van der Waals surface area contributed by atoms with Crippen molar-refractivity contribution in [2.75, 3.05) is 69.2 Å². The topological polar surface area (TPSA) is 82.6 Å². The van der Waals surface area contributed by atoms with Crippen LogP contribution in [0.2, 0.25) is 5.02 Å². The average Bonchev–Trinajstić information content (AvgIpc) is 2.98. The standard InChI is InChI=1S/C33H46ClN6O2P/c1-8-24-19-27(29(42-5)20-28(24)40-17-13-33(14-18-40)11-15-39(4)16-12-33)37-32-35-21-25(34)31(38-32)36-26-10-9-22(2)23(3)30(26)43(6,7)41/h9-10,19-21H,8,11-18H2,1-7H3,(H2,35,36,37,38). The van der Waals surface area contributed by atoms with Crippen LogP contribution in [0.4, 0.5) is 28.8 Å². The molecule has 2 N–H and O–H groups in total. The molecule has 43 heavy (non-hydrogen) atoms. The van der Waals surface area contributed by atoms with Gasteiger partial charge in [0.2, 0.25) is 5.95 Å². The normalized spacial score (nSPS) is 17.3. The third kappa shape index (κ3) is 6.82. The van der Waals surface area contributed by atoms with Crippen LogP contribution >= 0.6 is 18.7 Å². The maximum absolute atomic E-state index is 13.2. The van der Waals surface area contributed by atoms with E-state index >= 15 is 0 Å². The number of rotatable bonds is 8. The summed E-state index contributed by atoms with van der Waals surface area (Å²) in [6, 6.07) is 8.27. The van der Waals surface area contributed by atoms with Gasteiger partial charge in [-0.05, 0) is 114 Å². The van der Waals surface area contributed by atoms with E-state index in [0.29, 0.717) is 22.2 Å². The van der Waals surface area contributed by atoms with E-state index in [1.807, 2.05) is 26.0 Å². The predicted molar refractivity (Wildman–Crippen MR) is 182 cm³/mol. The summed E-state index contributed by atoms with van der Waals surface area (Å²) < 4.78 is 19.1. The van der Waals surface area contributed by atoms with E-state index in [1.54, 1.807) is 26.6 Å². The first-order valence-corrected chi connectivity index (χ1v) is 18.3. The molecule has 0 aliphatic carbocycles. The van der Waals surface area contributed by atoms with Gasteiger partial charge in [-0.2, -0.15) is 4.98 Å². The van der Waals surface area contributed by atoms with Crippen molar-refractivity contribution in [3.05, 3.63) is 52.2 Å². The number of anilines is 5. The van der Waals surface area contributed by atoms with Crippen molar-refractivity contribution in [2.45, 2.75) is 52.9 Å². The Morgan fingerprint density at radius 2 is 1.70 bits per heavy atom. The molecular weight excluding hydrogens is 579 g/mol. The van der Waals surface area contributed by atoms with Gasteiger partial charge in [0.1, 0.15) is 17.9 Å². The van der Waals surface area contributed by atoms with Crippen molar-refractivity contribution in [1.82, 2.24) is 14.9 Å². The lowest BCUT2D eigenvalue weighted by molar-refractivity contribution is 0.0944. The minimum absolute atomic E-state index is 0.376. The van der Waals surface area contributed by atoms with Crippen LogP contribution in [0.25, 0.3) is 0 Å². The van der Waals surface area contributed by atoms with E-state index in [0.717, 1.165) is 53.1 Å². The van der Waals surface area contributed by atoms with E-state index in [-0.39, 0.29) is 0 Å². The number of benzene rings is 2. The van der Waals surface area contributed by atoms with Crippen LogP contribution in [0.5, 0.6) is 5.75 Å². The highest BCUT2D eigenvalue weighted by Crippen LogP contribution is 2.44. The van der Waals surface area contributed by atoms with Crippen molar-refractivity contribution in [1.29, 1.82) is 0 Å². The van der Waals surface area contributed by atoms with Gasteiger partial charge in [0, 0.05) is 30.1 Å². The highest BCUT2D eigenvalue weighted by Gasteiger charge is 2.37. The van der Waals surface area contributed by atoms with Gasteiger partial charge in [-0.1, -0.05) is 24.6 Å². The maximum atomic E-state index is 13.2. The van der Waals surface area contributed by atoms with E-state index in [2.05, 4.69) is 51.5 Å². The minimum atomic E-state index is -2.58. The predicted octanol–water partition coefficient (Wildman–Crippen LogP) is 7.37. The van der Waals surface area contributed by atoms with Gasteiger partial charge in [0.15, 0.2) is 5.82 Å². The van der Waals surface area contributed by atoms with Crippen molar-refractivity contribution >= 4 is 52.9 Å². The van der Waals surface area contributed by atoms with Gasteiger partial charge in [0.05, 0.1) is 24.7 Å². The highest BCUT2D eigenvalue weighted by atomic mass is 35.5. The number of ether oxygens (including phenoxy) is 1. The Hall–Kier alpha value is -2.80. The van der Waals surface area contributed by atoms with Gasteiger partial charge in [-0.15, -0.1) is 0 Å². The highest BCUT2D eigenvalue weighted by molar-refractivity contribution is 7.70. The van der Waals surface area contributed by atoms with E-state index in [1.165, 1.54) is 50.0 Å². The summed E-state index contributed by atoms with van der Waals surface area (Å²) in [7, 11) is 1.36. The monoisotopic (exact) mass is 624 g/mol. The van der Waals surface area contributed by atoms with E-state index in [4.69, 9.17) is 21.3 Å². The molecule has 1 spiro atoms. The number of halogens is 1. The number of likely N-dealkylation sites (tertiary alicyclic amines) is 1. The Kier molecular flexibility index (Phi) is 9.31. The Labute approximate surface area is 262 Å². The number of hydrogen-bond acceptors (Lipinski definition) is 8. The number of aryl methyl sites for hydroxylation is 2. The molecule has 0 bridgehead atoms. The molecule has 0 unspecified atom stereocenters. The number of piperidine rings is 2. The second kappa shape index (κ2) is 12.7. The molecule has 2 saturated heterocycles. The molecule has 232 valence electrons. The zero-order valence-corrected chi connectivity index (χ0v) is 28.3. The fraction of sp³-hybridized carbons (Fsp3) is 0.515. The van der Waals surface area contributed by atoms with E-state index < -0.39 is 7.14 Å². The first-order chi connectivity index (χ1) is 20.4. The van der Waals surface area contributed by atoms with Crippen LogP contribution in [-0.4, -0.2) is 68.5 Å². The van der Waals surface area contributed by atoms with Gasteiger partial charge in [0.25, 0.3) is 0 Å². The number of hydrogen-bond donors (Lipinski definition) is 2. The Morgan fingerprint density at radius 3 is 2.33 bits per heavy atom. The van der Waals surface area contributed by atoms with Crippen molar-refractivity contribution in [3.63, 3.8) is 0 Å². The molecule has 8 nitrogen and oxygen atoms in total. The first-order valence-electron chi connectivity index (χ1n) is 15.3. The molecule has 0 radical (unpaired) electrons. The third-order valence-electron chi connectivity index (χ3n) is 9.48. The molecule has 2 fully saturated rings. The number of aromatic nitrogens is 2. The second-order valence-electron chi connectivity index (χ2n) is 12.7. The summed E-state index contributed by atoms with van der Waals surface area (Å²) >= 11 is 6.54. The molecule has 0 amide bonds. The molecule has 3 aromatic rings. The molecular formula is C33H46ClN6O2P. The molecule has 0 saturated carbocycles. The Balaban J connectivity index is 1.38. The van der Waals surface area contributed by atoms with Crippen LogP contribution in [-0.2, 0) is 11.0 Å². The van der Waals surface area contributed by atoms with Crippen molar-refractivity contribution in [2.24, 2.45) is 5.41 Å². The molecule has 2 aromatic carbocycles. The lowest BCUT2D eigenvalue weighted by atomic mass is 9.71. The summed E-state index contributed by atoms with van der Waals surface area (Å²) in [4.78, 5) is 14.2. The second-order valence-corrected chi connectivity index (χ2v) is 16.3. The van der Waals surface area contributed by atoms with Gasteiger partial charge in [-0.3, -0.25) is 0 Å². The average molecular weight is 625 g/mol. The smallest absolute Gasteiger partial charge is 0.229 e. The van der Waals surface area contributed by atoms with Crippen LogP contribution in [0.3, 0.4) is 0 Å². The fourth-order valence-electron chi connectivity index (χ4n) is 6.63. The minimum Gasteiger partial charge on any atom is -0.494 e. The number of nitrogens with zero attached hydrogens (tertiary/aromatic N) is 4. The zero-order valence-electron chi connectivity index (χ0n) is 26.7. The maximum Gasteiger partial charge on any atom is 0.229 e. The zero-order chi connectivity index (χ0) is 30.9. The van der Waals surface area contributed by atoms with Gasteiger partial charge in [-0.25, -0.2) is 4.98 Å². The fourth-order valence-corrected chi connectivity index (χ4v) is 8.46. The largest absolute Gasteiger partial charge is 0.494 e. The van der Waals surface area contributed by atoms with Crippen LogP contribution in [0.1, 0.15) is 49.3 Å². The lowest BCUT2D eigenvalue weighted by Gasteiger charge is -2.47. The van der Waals surface area contributed by atoms with Crippen molar-refractivity contribution < 1.29 is 9.30 Å². The van der Waals surface area contributed by atoms with Crippen molar-refractivity contribution in [3.8, 4) is 5.75 Å². The molecule has 0 atom stereocenters. The molecule has 3 heterocycles. The van der Waals surface area contributed by atoms with Crippen LogP contribution < -0.4 is 25.6 Å². The molecule has 5 rings (SSSR count).